The van der Waals surface area contributed by atoms with Crippen LogP contribution in [0.5, 0.6) is 0 Å². The first kappa shape index (κ1) is 17.9. The van der Waals surface area contributed by atoms with Gasteiger partial charge in [0.1, 0.15) is 5.94 Å². The summed E-state index contributed by atoms with van der Waals surface area (Å²) >= 11 is 0. The van der Waals surface area contributed by atoms with Gasteiger partial charge < -0.3 is 4.90 Å². The maximum Gasteiger partial charge on any atom is 0.227 e. The Morgan fingerprint density at radius 2 is 1.47 bits per heavy atom. The molecular weight excluding hydrogens is 238 g/mol. The number of rotatable bonds is 11. The normalized spacial score (nSPS) is 10.1. The molecule has 0 aliphatic heterocycles. The lowest BCUT2D eigenvalue weighted by Gasteiger charge is -2.22. The van der Waals surface area contributed by atoms with Crippen LogP contribution in [0.2, 0.25) is 0 Å². The molecule has 0 heterocycles. The van der Waals surface area contributed by atoms with E-state index in [0.29, 0.717) is 12.0 Å². The number of nitrogens with zero attached hydrogens (tertiary/aromatic N) is 1. The van der Waals surface area contributed by atoms with E-state index in [2.05, 4.69) is 20.8 Å². The monoisotopic (exact) mass is 267 g/mol. The van der Waals surface area contributed by atoms with E-state index >= 15 is 0 Å². The summed E-state index contributed by atoms with van der Waals surface area (Å²) < 4.78 is 0. The summed E-state index contributed by atoms with van der Waals surface area (Å²) in [6.07, 6.45) is 7.20. The molecular formula is C16H29NO2. The molecule has 3 nitrogen and oxygen atoms in total. The van der Waals surface area contributed by atoms with Gasteiger partial charge in [0.15, 0.2) is 0 Å². The van der Waals surface area contributed by atoms with Crippen LogP contribution in [-0.2, 0) is 9.59 Å². The second-order valence-electron chi connectivity index (χ2n) is 5.07. The zero-order chi connectivity index (χ0) is 14.5. The van der Waals surface area contributed by atoms with Gasteiger partial charge in [0.25, 0.3) is 0 Å². The third-order valence-corrected chi connectivity index (χ3v) is 3.26. The number of hydrogen-bond acceptors (Lipinski definition) is 2. The van der Waals surface area contributed by atoms with Crippen LogP contribution >= 0.6 is 0 Å². The SMILES string of the molecule is CCCCC(=C=O)CC(=O)N(CCCC)CCCC. The van der Waals surface area contributed by atoms with Crippen LogP contribution in [0.4, 0.5) is 0 Å². The summed E-state index contributed by atoms with van der Waals surface area (Å²) in [4.78, 5) is 25.0. The number of carbonyl (C=O) groups excluding carboxylic acids is 2. The Hall–Kier alpha value is -1.08. The van der Waals surface area contributed by atoms with Gasteiger partial charge in [0.2, 0.25) is 5.91 Å². The zero-order valence-corrected chi connectivity index (χ0v) is 12.8. The Balaban J connectivity index is 4.38. The van der Waals surface area contributed by atoms with Crippen LogP contribution in [0.25, 0.3) is 0 Å². The lowest BCUT2D eigenvalue weighted by molar-refractivity contribution is -0.130. The van der Waals surface area contributed by atoms with E-state index in [-0.39, 0.29) is 12.3 Å². The van der Waals surface area contributed by atoms with E-state index in [1.54, 1.807) is 0 Å². The molecule has 0 radical (unpaired) electrons. The van der Waals surface area contributed by atoms with Gasteiger partial charge in [0, 0.05) is 18.7 Å². The standard InChI is InChI=1S/C16H29NO2/c1-4-7-10-15(14-18)13-16(19)17(11-8-5-2)12-9-6-3/h4-13H2,1-3H3. The molecule has 1 amide bonds. The number of carbonyl (C=O) groups is 1. The van der Waals surface area contributed by atoms with Crippen LogP contribution in [-0.4, -0.2) is 29.8 Å². The quantitative estimate of drug-likeness (QED) is 0.535. The van der Waals surface area contributed by atoms with Gasteiger partial charge in [-0.25, -0.2) is 4.79 Å². The molecule has 0 spiro atoms. The van der Waals surface area contributed by atoms with E-state index in [0.717, 1.165) is 51.6 Å². The molecule has 110 valence electrons. The van der Waals surface area contributed by atoms with Crippen molar-refractivity contribution in [3.05, 3.63) is 5.57 Å². The van der Waals surface area contributed by atoms with Crippen molar-refractivity contribution in [2.75, 3.05) is 13.1 Å². The van der Waals surface area contributed by atoms with Crippen molar-refractivity contribution in [3.63, 3.8) is 0 Å². The molecule has 0 unspecified atom stereocenters. The smallest absolute Gasteiger partial charge is 0.227 e. The summed E-state index contributed by atoms with van der Waals surface area (Å²) in [5.74, 6) is 2.05. The molecule has 0 atom stereocenters. The van der Waals surface area contributed by atoms with Crippen LogP contribution in [0.15, 0.2) is 5.57 Å². The second kappa shape index (κ2) is 12.0. The molecule has 0 rings (SSSR count). The molecule has 0 aromatic rings. The molecule has 0 fully saturated rings. The van der Waals surface area contributed by atoms with E-state index in [1.165, 1.54) is 0 Å². The molecule has 0 saturated carbocycles. The van der Waals surface area contributed by atoms with Gasteiger partial charge in [-0.1, -0.05) is 40.0 Å². The highest BCUT2D eigenvalue weighted by Crippen LogP contribution is 2.11. The molecule has 0 aromatic heterocycles. The second-order valence-corrected chi connectivity index (χ2v) is 5.07. The predicted molar refractivity (Wildman–Crippen MR) is 79.7 cm³/mol. The number of unbranched alkanes of at least 4 members (excludes halogenated alkanes) is 3. The van der Waals surface area contributed by atoms with Crippen molar-refractivity contribution in [1.82, 2.24) is 4.90 Å². The summed E-state index contributed by atoms with van der Waals surface area (Å²) in [5.41, 5.74) is 0.629. The van der Waals surface area contributed by atoms with Gasteiger partial charge in [-0.3, -0.25) is 4.79 Å². The summed E-state index contributed by atoms with van der Waals surface area (Å²) in [7, 11) is 0. The highest BCUT2D eigenvalue weighted by atomic mass is 16.2. The first-order valence-electron chi connectivity index (χ1n) is 7.70. The summed E-state index contributed by atoms with van der Waals surface area (Å²) in [5, 5.41) is 0. The highest BCUT2D eigenvalue weighted by Gasteiger charge is 2.14. The van der Waals surface area contributed by atoms with Crippen molar-refractivity contribution in [2.24, 2.45) is 0 Å². The fraction of sp³-hybridized carbons (Fsp3) is 0.812. The average Bonchev–Trinajstić information content (AvgIpc) is 2.43. The molecule has 0 aromatic carbocycles. The molecule has 0 saturated heterocycles. The van der Waals surface area contributed by atoms with Crippen molar-refractivity contribution in [3.8, 4) is 0 Å². The molecule has 19 heavy (non-hydrogen) atoms. The lowest BCUT2D eigenvalue weighted by Crippen LogP contribution is -2.33. The van der Waals surface area contributed by atoms with Crippen LogP contribution in [0.1, 0.15) is 72.1 Å². The minimum atomic E-state index is 0.0938. The minimum Gasteiger partial charge on any atom is -0.342 e. The largest absolute Gasteiger partial charge is 0.342 e. The van der Waals surface area contributed by atoms with Crippen LogP contribution < -0.4 is 0 Å². The topological polar surface area (TPSA) is 37.4 Å². The van der Waals surface area contributed by atoms with Crippen LogP contribution in [0.3, 0.4) is 0 Å². The highest BCUT2D eigenvalue weighted by molar-refractivity contribution is 5.81. The van der Waals surface area contributed by atoms with E-state index in [4.69, 9.17) is 0 Å². The van der Waals surface area contributed by atoms with Crippen molar-refractivity contribution < 1.29 is 9.59 Å². The first-order chi connectivity index (χ1) is 9.19. The van der Waals surface area contributed by atoms with Crippen molar-refractivity contribution in [2.45, 2.75) is 72.1 Å². The summed E-state index contributed by atoms with van der Waals surface area (Å²) in [6, 6.07) is 0. The molecule has 0 bridgehead atoms. The Morgan fingerprint density at radius 1 is 0.947 bits per heavy atom. The van der Waals surface area contributed by atoms with Gasteiger partial charge >= 0.3 is 0 Å². The maximum atomic E-state index is 12.2. The van der Waals surface area contributed by atoms with Crippen molar-refractivity contribution >= 4 is 11.8 Å². The predicted octanol–water partition coefficient (Wildman–Crippen LogP) is 3.75. The molecule has 0 N–H and O–H groups in total. The molecule has 0 aliphatic rings. The fourth-order valence-corrected chi connectivity index (χ4v) is 1.92. The van der Waals surface area contributed by atoms with E-state index < -0.39 is 0 Å². The third kappa shape index (κ3) is 8.61. The minimum absolute atomic E-state index is 0.0938. The Labute approximate surface area is 118 Å². The lowest BCUT2D eigenvalue weighted by atomic mass is 10.1. The first-order valence-corrected chi connectivity index (χ1v) is 7.70. The average molecular weight is 267 g/mol. The van der Waals surface area contributed by atoms with E-state index in [1.807, 2.05) is 10.8 Å². The Bertz CT molecular complexity index is 285. The number of hydrogen-bond donors (Lipinski definition) is 0. The Kier molecular flexibility index (Phi) is 11.3. The van der Waals surface area contributed by atoms with E-state index in [9.17, 15) is 9.59 Å². The van der Waals surface area contributed by atoms with Crippen molar-refractivity contribution in [1.29, 1.82) is 0 Å². The van der Waals surface area contributed by atoms with Gasteiger partial charge in [0.05, 0.1) is 6.42 Å². The van der Waals surface area contributed by atoms with Gasteiger partial charge in [-0.15, -0.1) is 0 Å². The summed E-state index contributed by atoms with van der Waals surface area (Å²) in [6.45, 7) is 7.96. The number of amides is 1. The van der Waals surface area contributed by atoms with Gasteiger partial charge in [-0.05, 0) is 25.7 Å². The molecule has 3 heteroatoms. The zero-order valence-electron chi connectivity index (χ0n) is 12.8. The fourth-order valence-electron chi connectivity index (χ4n) is 1.92. The Morgan fingerprint density at radius 3 is 1.89 bits per heavy atom. The maximum absolute atomic E-state index is 12.2. The third-order valence-electron chi connectivity index (χ3n) is 3.26. The van der Waals surface area contributed by atoms with Gasteiger partial charge in [-0.2, -0.15) is 0 Å². The van der Waals surface area contributed by atoms with Crippen LogP contribution in [0, 0.1) is 0 Å². The molecule has 0 aliphatic carbocycles.